The van der Waals surface area contributed by atoms with Crippen LogP contribution in [-0.2, 0) is 14.8 Å². The van der Waals surface area contributed by atoms with Crippen LogP contribution < -0.4 is 10.1 Å². The van der Waals surface area contributed by atoms with Crippen molar-refractivity contribution in [1.82, 2.24) is 4.31 Å². The van der Waals surface area contributed by atoms with Crippen LogP contribution in [0.5, 0.6) is 11.5 Å². The van der Waals surface area contributed by atoms with Gasteiger partial charge in [0.2, 0.25) is 10.0 Å². The lowest BCUT2D eigenvalue weighted by Crippen LogP contribution is -2.40. The monoisotopic (exact) mass is 474 g/mol. The van der Waals surface area contributed by atoms with Crippen LogP contribution in [0, 0.1) is 11.6 Å². The molecule has 1 saturated heterocycles. The van der Waals surface area contributed by atoms with E-state index in [4.69, 9.17) is 9.47 Å². The average molecular weight is 474 g/mol. The van der Waals surface area contributed by atoms with Crippen LogP contribution in [0.15, 0.2) is 71.6 Å². The van der Waals surface area contributed by atoms with Gasteiger partial charge in [-0.25, -0.2) is 17.2 Å². The highest BCUT2D eigenvalue weighted by Gasteiger charge is 2.27. The number of amides is 1. The first-order chi connectivity index (χ1) is 15.8. The fourth-order valence-electron chi connectivity index (χ4n) is 3.22. The Hall–Kier alpha value is -3.34. The van der Waals surface area contributed by atoms with Crippen LogP contribution >= 0.6 is 0 Å². The van der Waals surface area contributed by atoms with Gasteiger partial charge in [-0.1, -0.05) is 0 Å². The van der Waals surface area contributed by atoms with Crippen LogP contribution in [0.1, 0.15) is 10.4 Å². The van der Waals surface area contributed by atoms with E-state index in [1.807, 2.05) is 0 Å². The van der Waals surface area contributed by atoms with E-state index in [1.54, 1.807) is 0 Å². The summed E-state index contributed by atoms with van der Waals surface area (Å²) in [5, 5.41) is 2.63. The zero-order valence-corrected chi connectivity index (χ0v) is 18.1. The van der Waals surface area contributed by atoms with E-state index < -0.39 is 27.6 Å². The van der Waals surface area contributed by atoms with E-state index in [2.05, 4.69) is 5.32 Å². The number of carbonyl (C=O) groups excluding carboxylic acids is 1. The highest BCUT2D eigenvalue weighted by molar-refractivity contribution is 7.89. The predicted octanol–water partition coefficient (Wildman–Crippen LogP) is 4.03. The molecule has 10 heteroatoms. The molecular formula is C23H20F2N2O5S. The fourth-order valence-corrected chi connectivity index (χ4v) is 4.65. The van der Waals surface area contributed by atoms with Gasteiger partial charge in [-0.15, -0.1) is 0 Å². The summed E-state index contributed by atoms with van der Waals surface area (Å²) in [4.78, 5) is 12.7. The van der Waals surface area contributed by atoms with Gasteiger partial charge in [0, 0.05) is 18.7 Å². The summed E-state index contributed by atoms with van der Waals surface area (Å²) in [5.41, 5.74) is 0.258. The summed E-state index contributed by atoms with van der Waals surface area (Å²) in [6.07, 6.45) is 0. The Bertz CT molecular complexity index is 1240. The van der Waals surface area contributed by atoms with Crippen LogP contribution in [0.4, 0.5) is 14.5 Å². The number of rotatable bonds is 6. The Labute approximate surface area is 189 Å². The molecule has 33 heavy (non-hydrogen) atoms. The molecule has 0 radical (unpaired) electrons. The Kier molecular flexibility index (Phi) is 6.68. The molecular weight excluding hydrogens is 454 g/mol. The predicted molar refractivity (Wildman–Crippen MR) is 117 cm³/mol. The van der Waals surface area contributed by atoms with Crippen molar-refractivity contribution < 1.29 is 31.5 Å². The van der Waals surface area contributed by atoms with Gasteiger partial charge in [-0.2, -0.15) is 4.31 Å². The maximum Gasteiger partial charge on any atom is 0.255 e. The number of hydrogen-bond donors (Lipinski definition) is 1. The van der Waals surface area contributed by atoms with Gasteiger partial charge in [0.25, 0.3) is 5.91 Å². The standard InChI is InChI=1S/C23H20F2N2O5S/c24-17-3-1-16(2-4-17)23(28)26-21-15-20(33(29,30)27-11-13-31-14-12-27)9-10-22(21)32-19-7-5-18(25)6-8-19/h1-10,15H,11-14H2,(H,26,28). The number of carbonyl (C=O) groups is 1. The maximum absolute atomic E-state index is 13.2. The maximum atomic E-state index is 13.2. The smallest absolute Gasteiger partial charge is 0.255 e. The first-order valence-corrected chi connectivity index (χ1v) is 11.5. The van der Waals surface area contributed by atoms with Gasteiger partial charge in [-0.05, 0) is 66.7 Å². The third-order valence-electron chi connectivity index (χ3n) is 4.95. The van der Waals surface area contributed by atoms with Crippen molar-refractivity contribution in [2.24, 2.45) is 0 Å². The first kappa shape index (κ1) is 22.8. The number of benzene rings is 3. The Morgan fingerprint density at radius 2 is 1.52 bits per heavy atom. The molecule has 0 saturated carbocycles. The number of halogens is 2. The van der Waals surface area contributed by atoms with Crippen molar-refractivity contribution >= 4 is 21.6 Å². The average Bonchev–Trinajstić information content (AvgIpc) is 2.82. The molecule has 0 atom stereocenters. The molecule has 1 heterocycles. The van der Waals surface area contributed by atoms with Gasteiger partial charge in [0.05, 0.1) is 23.8 Å². The van der Waals surface area contributed by atoms with Gasteiger partial charge in [-0.3, -0.25) is 4.79 Å². The van der Waals surface area contributed by atoms with E-state index in [0.29, 0.717) is 13.2 Å². The lowest BCUT2D eigenvalue weighted by atomic mass is 10.2. The number of morpholine rings is 1. The largest absolute Gasteiger partial charge is 0.455 e. The molecule has 3 aromatic carbocycles. The van der Waals surface area contributed by atoms with Crippen molar-refractivity contribution in [2.45, 2.75) is 4.90 Å². The lowest BCUT2D eigenvalue weighted by Gasteiger charge is -2.26. The quantitative estimate of drug-likeness (QED) is 0.583. The number of anilines is 1. The summed E-state index contributed by atoms with van der Waals surface area (Å²) in [6, 6.07) is 14.2. The van der Waals surface area contributed by atoms with Crippen LogP contribution in [0.25, 0.3) is 0 Å². The molecule has 1 N–H and O–H groups in total. The van der Waals surface area contributed by atoms with Crippen molar-refractivity contribution in [1.29, 1.82) is 0 Å². The second-order valence-electron chi connectivity index (χ2n) is 7.19. The molecule has 7 nitrogen and oxygen atoms in total. The van der Waals surface area contributed by atoms with Crippen molar-refractivity contribution in [2.75, 3.05) is 31.6 Å². The van der Waals surface area contributed by atoms with Gasteiger partial charge in [0.1, 0.15) is 17.4 Å². The minimum absolute atomic E-state index is 0.0368. The highest BCUT2D eigenvalue weighted by atomic mass is 32.2. The summed E-state index contributed by atoms with van der Waals surface area (Å²) in [7, 11) is -3.84. The van der Waals surface area contributed by atoms with Gasteiger partial charge < -0.3 is 14.8 Å². The summed E-state index contributed by atoms with van der Waals surface area (Å²) >= 11 is 0. The molecule has 172 valence electrons. The number of ether oxygens (including phenoxy) is 2. The minimum atomic E-state index is -3.84. The van der Waals surface area contributed by atoms with E-state index in [0.717, 1.165) is 12.1 Å². The zero-order valence-electron chi connectivity index (χ0n) is 17.3. The fraction of sp³-hybridized carbons (Fsp3) is 0.174. The summed E-state index contributed by atoms with van der Waals surface area (Å²) in [5.74, 6) is -1.08. The summed E-state index contributed by atoms with van der Waals surface area (Å²) in [6.45, 7) is 1.01. The SMILES string of the molecule is O=C(Nc1cc(S(=O)(=O)N2CCOCC2)ccc1Oc1ccc(F)cc1)c1ccc(F)cc1. The molecule has 0 unspecified atom stereocenters. The van der Waals surface area contributed by atoms with Crippen molar-refractivity contribution in [3.63, 3.8) is 0 Å². The Balaban J connectivity index is 1.68. The molecule has 3 aromatic rings. The van der Waals surface area contributed by atoms with E-state index in [9.17, 15) is 22.0 Å². The zero-order chi connectivity index (χ0) is 23.4. The van der Waals surface area contributed by atoms with Crippen LogP contribution in [0.2, 0.25) is 0 Å². The van der Waals surface area contributed by atoms with E-state index in [1.165, 1.54) is 58.9 Å². The molecule has 1 amide bonds. The van der Waals surface area contributed by atoms with Crippen molar-refractivity contribution in [3.8, 4) is 11.5 Å². The molecule has 0 aromatic heterocycles. The van der Waals surface area contributed by atoms with E-state index in [-0.39, 0.29) is 40.7 Å². The number of nitrogens with one attached hydrogen (secondary N) is 1. The molecule has 0 bridgehead atoms. The second kappa shape index (κ2) is 9.65. The first-order valence-electron chi connectivity index (χ1n) is 10.1. The topological polar surface area (TPSA) is 84.9 Å². The van der Waals surface area contributed by atoms with Crippen LogP contribution in [0.3, 0.4) is 0 Å². The molecule has 4 rings (SSSR count). The number of hydrogen-bond acceptors (Lipinski definition) is 5. The normalized spacial score (nSPS) is 14.6. The summed E-state index contributed by atoms with van der Waals surface area (Å²) < 4.78 is 64.9. The third-order valence-corrected chi connectivity index (χ3v) is 6.85. The Morgan fingerprint density at radius 1 is 0.909 bits per heavy atom. The molecule has 0 spiro atoms. The highest BCUT2D eigenvalue weighted by Crippen LogP contribution is 2.33. The minimum Gasteiger partial charge on any atom is -0.455 e. The third kappa shape index (κ3) is 5.36. The molecule has 0 aliphatic carbocycles. The van der Waals surface area contributed by atoms with Crippen molar-refractivity contribution in [3.05, 3.63) is 83.9 Å². The number of nitrogens with zero attached hydrogens (tertiary/aromatic N) is 1. The van der Waals surface area contributed by atoms with Gasteiger partial charge >= 0.3 is 0 Å². The number of sulfonamides is 1. The van der Waals surface area contributed by atoms with E-state index >= 15 is 0 Å². The van der Waals surface area contributed by atoms with Crippen LogP contribution in [-0.4, -0.2) is 44.9 Å². The molecule has 1 aliphatic rings. The second-order valence-corrected chi connectivity index (χ2v) is 9.13. The van der Waals surface area contributed by atoms with Gasteiger partial charge in [0.15, 0.2) is 5.75 Å². The lowest BCUT2D eigenvalue weighted by molar-refractivity contribution is 0.0730. The Morgan fingerprint density at radius 3 is 2.15 bits per heavy atom. The molecule has 1 fully saturated rings. The molecule has 1 aliphatic heterocycles.